The molecule has 2 aliphatic rings. The maximum atomic E-state index is 12.3. The number of carbonyl (C=O) groups excluding carboxylic acids is 1. The van der Waals surface area contributed by atoms with Gasteiger partial charge in [-0.1, -0.05) is 0 Å². The molecule has 0 aliphatic carbocycles. The standard InChI is InChI=1S/C20H25N5O2/c21-19(26)18-17(13-24-9-11-27-12-10-24)3-7-23-20(18)25-8-4-16(14-25)15-1-5-22-6-2-15/h1-3,5-7,16H,4,8-14H2,(H2,21,26). The predicted octanol–water partition coefficient (Wildman–Crippen LogP) is 1.40. The SMILES string of the molecule is NC(=O)c1c(CN2CCOCC2)ccnc1N1CCC(c2ccncc2)C1. The maximum Gasteiger partial charge on any atom is 0.252 e. The van der Waals surface area contributed by atoms with E-state index in [0.29, 0.717) is 23.8 Å². The minimum Gasteiger partial charge on any atom is -0.379 e. The molecule has 1 unspecified atom stereocenters. The molecule has 2 aromatic rings. The Bertz CT molecular complexity index is 792. The normalized spacial score (nSPS) is 20.7. The van der Waals surface area contributed by atoms with Gasteiger partial charge >= 0.3 is 0 Å². The van der Waals surface area contributed by atoms with Gasteiger partial charge in [0.15, 0.2) is 0 Å². The monoisotopic (exact) mass is 367 g/mol. The van der Waals surface area contributed by atoms with Gasteiger partial charge in [0.25, 0.3) is 5.91 Å². The molecule has 2 N–H and O–H groups in total. The van der Waals surface area contributed by atoms with Crippen LogP contribution < -0.4 is 10.6 Å². The van der Waals surface area contributed by atoms with Crippen molar-refractivity contribution in [2.24, 2.45) is 5.73 Å². The van der Waals surface area contributed by atoms with Crippen molar-refractivity contribution in [2.45, 2.75) is 18.9 Å². The van der Waals surface area contributed by atoms with Gasteiger partial charge in [0.1, 0.15) is 5.82 Å². The second-order valence-corrected chi connectivity index (χ2v) is 7.13. The molecular weight excluding hydrogens is 342 g/mol. The first-order valence-electron chi connectivity index (χ1n) is 9.45. The van der Waals surface area contributed by atoms with Gasteiger partial charge in [-0.2, -0.15) is 0 Å². The van der Waals surface area contributed by atoms with Crippen LogP contribution >= 0.6 is 0 Å². The third-order valence-corrected chi connectivity index (χ3v) is 5.43. The van der Waals surface area contributed by atoms with Crippen LogP contribution in [0.3, 0.4) is 0 Å². The summed E-state index contributed by atoms with van der Waals surface area (Å²) in [5.41, 5.74) is 8.55. The zero-order valence-electron chi connectivity index (χ0n) is 15.4. The number of nitrogens with two attached hydrogens (primary N) is 1. The molecule has 2 aromatic heterocycles. The summed E-state index contributed by atoms with van der Waals surface area (Å²) in [6.07, 6.45) is 6.47. The fourth-order valence-electron chi connectivity index (χ4n) is 3.99. The fourth-order valence-corrected chi connectivity index (χ4v) is 3.99. The molecule has 0 aromatic carbocycles. The number of rotatable bonds is 5. The number of hydrogen-bond acceptors (Lipinski definition) is 6. The van der Waals surface area contributed by atoms with Crippen LogP contribution in [-0.2, 0) is 11.3 Å². The van der Waals surface area contributed by atoms with Gasteiger partial charge in [-0.05, 0) is 35.7 Å². The summed E-state index contributed by atoms with van der Waals surface area (Å²) in [6.45, 7) is 5.57. The predicted molar refractivity (Wildman–Crippen MR) is 103 cm³/mol. The van der Waals surface area contributed by atoms with Crippen molar-refractivity contribution in [3.63, 3.8) is 0 Å². The van der Waals surface area contributed by atoms with Gasteiger partial charge in [0.2, 0.25) is 0 Å². The summed E-state index contributed by atoms with van der Waals surface area (Å²) in [6, 6.07) is 6.03. The third-order valence-electron chi connectivity index (χ3n) is 5.43. The Morgan fingerprint density at radius 3 is 2.67 bits per heavy atom. The number of primary amides is 1. The molecule has 1 atom stereocenters. The number of ether oxygens (including phenoxy) is 1. The summed E-state index contributed by atoms with van der Waals surface area (Å²) in [5.74, 6) is 0.719. The van der Waals surface area contributed by atoms with E-state index in [2.05, 4.69) is 31.9 Å². The van der Waals surface area contributed by atoms with Gasteiger partial charge < -0.3 is 15.4 Å². The van der Waals surface area contributed by atoms with Crippen LogP contribution in [0.25, 0.3) is 0 Å². The number of amides is 1. The number of morpholine rings is 1. The summed E-state index contributed by atoms with van der Waals surface area (Å²) >= 11 is 0. The number of aromatic nitrogens is 2. The van der Waals surface area contributed by atoms with Crippen molar-refractivity contribution >= 4 is 11.7 Å². The van der Waals surface area contributed by atoms with E-state index in [1.807, 2.05) is 18.5 Å². The highest BCUT2D eigenvalue weighted by molar-refractivity contribution is 5.99. The topological polar surface area (TPSA) is 84.6 Å². The molecule has 2 fully saturated rings. The number of pyridine rings is 2. The molecular formula is C20H25N5O2. The summed E-state index contributed by atoms with van der Waals surface area (Å²) in [5, 5.41) is 0. The molecule has 0 saturated carbocycles. The van der Waals surface area contributed by atoms with Crippen molar-refractivity contribution in [3.05, 3.63) is 53.5 Å². The Morgan fingerprint density at radius 1 is 1.15 bits per heavy atom. The minimum atomic E-state index is -0.409. The lowest BCUT2D eigenvalue weighted by Gasteiger charge is -2.28. The molecule has 0 spiro atoms. The van der Waals surface area contributed by atoms with Gasteiger partial charge in [-0.25, -0.2) is 4.98 Å². The highest BCUT2D eigenvalue weighted by Gasteiger charge is 2.29. The zero-order chi connectivity index (χ0) is 18.6. The highest BCUT2D eigenvalue weighted by atomic mass is 16.5. The largest absolute Gasteiger partial charge is 0.379 e. The van der Waals surface area contributed by atoms with Crippen LogP contribution in [0.1, 0.15) is 33.8 Å². The van der Waals surface area contributed by atoms with E-state index in [1.165, 1.54) is 5.56 Å². The molecule has 7 nitrogen and oxygen atoms in total. The zero-order valence-corrected chi connectivity index (χ0v) is 15.4. The Balaban J connectivity index is 1.57. The van der Waals surface area contributed by atoms with E-state index in [4.69, 9.17) is 10.5 Å². The average Bonchev–Trinajstić information content (AvgIpc) is 3.19. The lowest BCUT2D eigenvalue weighted by atomic mass is 10.00. The van der Waals surface area contributed by atoms with Crippen LogP contribution in [0.5, 0.6) is 0 Å². The molecule has 0 bridgehead atoms. The minimum absolute atomic E-state index is 0.409. The summed E-state index contributed by atoms with van der Waals surface area (Å²) in [7, 11) is 0. The van der Waals surface area contributed by atoms with E-state index in [0.717, 1.165) is 51.4 Å². The van der Waals surface area contributed by atoms with E-state index in [-0.39, 0.29) is 0 Å². The Morgan fingerprint density at radius 2 is 1.93 bits per heavy atom. The first kappa shape index (κ1) is 17.9. The maximum absolute atomic E-state index is 12.3. The second kappa shape index (κ2) is 8.02. The van der Waals surface area contributed by atoms with Gasteiger partial charge in [0.05, 0.1) is 18.8 Å². The molecule has 2 aliphatic heterocycles. The third kappa shape index (κ3) is 3.94. The van der Waals surface area contributed by atoms with Crippen molar-refractivity contribution in [1.29, 1.82) is 0 Å². The van der Waals surface area contributed by atoms with Gasteiger partial charge in [-0.3, -0.25) is 14.7 Å². The quantitative estimate of drug-likeness (QED) is 0.860. The number of hydrogen-bond donors (Lipinski definition) is 1. The Hall–Kier alpha value is -2.51. The van der Waals surface area contributed by atoms with Crippen LogP contribution in [0.15, 0.2) is 36.8 Å². The highest BCUT2D eigenvalue weighted by Crippen LogP contribution is 2.32. The molecule has 2 saturated heterocycles. The molecule has 4 rings (SSSR count). The molecule has 142 valence electrons. The first-order chi connectivity index (χ1) is 13.2. The van der Waals surface area contributed by atoms with E-state index in [9.17, 15) is 4.79 Å². The van der Waals surface area contributed by atoms with Crippen LogP contribution in [0.4, 0.5) is 5.82 Å². The molecule has 0 radical (unpaired) electrons. The lowest BCUT2D eigenvalue weighted by molar-refractivity contribution is 0.0341. The van der Waals surface area contributed by atoms with Crippen molar-refractivity contribution < 1.29 is 9.53 Å². The van der Waals surface area contributed by atoms with Gasteiger partial charge in [-0.15, -0.1) is 0 Å². The first-order valence-corrected chi connectivity index (χ1v) is 9.45. The Labute approximate surface area is 159 Å². The van der Waals surface area contributed by atoms with Crippen molar-refractivity contribution in [2.75, 3.05) is 44.3 Å². The smallest absolute Gasteiger partial charge is 0.252 e. The molecule has 4 heterocycles. The van der Waals surface area contributed by atoms with E-state index < -0.39 is 5.91 Å². The number of nitrogens with zero attached hydrogens (tertiary/aromatic N) is 4. The lowest BCUT2D eigenvalue weighted by Crippen LogP contribution is -2.36. The summed E-state index contributed by atoms with van der Waals surface area (Å²) in [4.78, 5) is 25.4. The molecule has 7 heteroatoms. The van der Waals surface area contributed by atoms with E-state index >= 15 is 0 Å². The summed E-state index contributed by atoms with van der Waals surface area (Å²) < 4.78 is 5.42. The Kier molecular flexibility index (Phi) is 5.31. The number of carbonyl (C=O) groups is 1. The van der Waals surface area contributed by atoms with E-state index in [1.54, 1.807) is 6.20 Å². The van der Waals surface area contributed by atoms with Crippen molar-refractivity contribution in [1.82, 2.24) is 14.9 Å². The van der Waals surface area contributed by atoms with Crippen molar-refractivity contribution in [3.8, 4) is 0 Å². The van der Waals surface area contributed by atoms with Crippen LogP contribution in [0.2, 0.25) is 0 Å². The van der Waals surface area contributed by atoms with Crippen LogP contribution in [0, 0.1) is 0 Å². The number of anilines is 1. The van der Waals surface area contributed by atoms with Gasteiger partial charge in [0, 0.05) is 57.2 Å². The van der Waals surface area contributed by atoms with Crippen LogP contribution in [-0.4, -0.2) is 60.2 Å². The molecule has 27 heavy (non-hydrogen) atoms. The fraction of sp³-hybridized carbons (Fsp3) is 0.450. The average molecular weight is 367 g/mol. The molecule has 1 amide bonds. The second-order valence-electron chi connectivity index (χ2n) is 7.13.